The Morgan fingerprint density at radius 1 is 0.943 bits per heavy atom. The van der Waals surface area contributed by atoms with Crippen molar-refractivity contribution in [2.24, 2.45) is 0 Å². The van der Waals surface area contributed by atoms with Crippen LogP contribution in [-0.2, 0) is 14.4 Å². The van der Waals surface area contributed by atoms with Crippen LogP contribution in [0.3, 0.4) is 0 Å². The fourth-order valence-electron chi connectivity index (χ4n) is 4.47. The van der Waals surface area contributed by atoms with E-state index in [0.717, 1.165) is 22.4 Å². The summed E-state index contributed by atoms with van der Waals surface area (Å²) in [6, 6.07) is 11.3. The summed E-state index contributed by atoms with van der Waals surface area (Å²) in [5, 5.41) is 5.57. The molecule has 2 aliphatic heterocycles. The predicted octanol–water partition coefficient (Wildman–Crippen LogP) is 1.65. The molecular formula is C26H32N4O5. The van der Waals surface area contributed by atoms with E-state index < -0.39 is 6.10 Å². The number of piperazine rings is 1. The molecule has 1 fully saturated rings. The SMILES string of the molecule is Cc1cc(C)c(NC(=O)CNC(=O)CN2CCN(C(=O)C3COc4ccccc4O3)CC2)c(C)c1. The first-order valence-electron chi connectivity index (χ1n) is 11.8. The second-order valence-electron chi connectivity index (χ2n) is 9.06. The first-order valence-corrected chi connectivity index (χ1v) is 11.8. The molecule has 0 bridgehead atoms. The van der Waals surface area contributed by atoms with Crippen LogP contribution in [0.1, 0.15) is 16.7 Å². The van der Waals surface area contributed by atoms with Crippen molar-refractivity contribution in [3.8, 4) is 11.5 Å². The van der Waals surface area contributed by atoms with Crippen molar-refractivity contribution in [1.82, 2.24) is 15.1 Å². The molecule has 0 aliphatic carbocycles. The Morgan fingerprint density at radius 3 is 2.29 bits per heavy atom. The molecule has 0 radical (unpaired) electrons. The van der Waals surface area contributed by atoms with Gasteiger partial charge >= 0.3 is 0 Å². The molecule has 186 valence electrons. The predicted molar refractivity (Wildman–Crippen MR) is 132 cm³/mol. The van der Waals surface area contributed by atoms with Crippen LogP contribution in [0.15, 0.2) is 36.4 Å². The standard InChI is InChI=1S/C26H32N4O5/c1-17-12-18(2)25(19(3)13-17)28-23(31)14-27-24(32)15-29-8-10-30(11-9-29)26(33)22-16-34-20-6-4-5-7-21(20)35-22/h4-7,12-13,22H,8-11,14-16H2,1-3H3,(H,27,32)(H,28,31). The fraction of sp³-hybridized carbons (Fsp3) is 0.423. The zero-order chi connectivity index (χ0) is 24.9. The molecule has 4 rings (SSSR count). The highest BCUT2D eigenvalue weighted by Gasteiger charge is 2.32. The highest BCUT2D eigenvalue weighted by atomic mass is 16.6. The number of rotatable bonds is 6. The van der Waals surface area contributed by atoms with E-state index in [0.29, 0.717) is 37.7 Å². The Hall–Kier alpha value is -3.59. The molecule has 1 saturated heterocycles. The zero-order valence-corrected chi connectivity index (χ0v) is 20.4. The van der Waals surface area contributed by atoms with Gasteiger partial charge in [0.1, 0.15) is 6.61 Å². The van der Waals surface area contributed by atoms with Crippen molar-refractivity contribution < 1.29 is 23.9 Å². The van der Waals surface area contributed by atoms with Gasteiger partial charge in [0.25, 0.3) is 5.91 Å². The molecule has 2 aliphatic rings. The van der Waals surface area contributed by atoms with Gasteiger partial charge in [0, 0.05) is 31.9 Å². The normalized spacial score (nSPS) is 17.6. The number of fused-ring (bicyclic) bond motifs is 1. The summed E-state index contributed by atoms with van der Waals surface area (Å²) in [7, 11) is 0. The minimum absolute atomic E-state index is 0.0927. The highest BCUT2D eigenvalue weighted by molar-refractivity contribution is 5.96. The molecule has 2 aromatic rings. The lowest BCUT2D eigenvalue weighted by Gasteiger charge is -2.36. The summed E-state index contributed by atoms with van der Waals surface area (Å²) < 4.78 is 11.5. The van der Waals surface area contributed by atoms with E-state index in [9.17, 15) is 14.4 Å². The number of hydrogen-bond donors (Lipinski definition) is 2. The van der Waals surface area contributed by atoms with Crippen LogP contribution >= 0.6 is 0 Å². The number of amides is 3. The third-order valence-corrected chi connectivity index (χ3v) is 6.22. The van der Waals surface area contributed by atoms with E-state index >= 15 is 0 Å². The quantitative estimate of drug-likeness (QED) is 0.652. The van der Waals surface area contributed by atoms with Gasteiger partial charge in [0.2, 0.25) is 17.9 Å². The number of para-hydroxylation sites is 2. The van der Waals surface area contributed by atoms with Crippen LogP contribution in [0, 0.1) is 20.8 Å². The molecule has 9 heteroatoms. The van der Waals surface area contributed by atoms with E-state index in [4.69, 9.17) is 9.47 Å². The Morgan fingerprint density at radius 2 is 1.60 bits per heavy atom. The second kappa shape index (κ2) is 10.8. The second-order valence-corrected chi connectivity index (χ2v) is 9.06. The van der Waals surface area contributed by atoms with Gasteiger partial charge in [-0.05, 0) is 44.0 Å². The maximum atomic E-state index is 12.9. The van der Waals surface area contributed by atoms with E-state index in [1.165, 1.54) is 0 Å². The molecule has 35 heavy (non-hydrogen) atoms. The highest BCUT2D eigenvalue weighted by Crippen LogP contribution is 2.31. The van der Waals surface area contributed by atoms with Gasteiger partial charge in [-0.15, -0.1) is 0 Å². The summed E-state index contributed by atoms with van der Waals surface area (Å²) in [5.41, 5.74) is 3.90. The number of aryl methyl sites for hydroxylation is 3. The van der Waals surface area contributed by atoms with E-state index in [1.54, 1.807) is 11.0 Å². The maximum absolute atomic E-state index is 12.9. The van der Waals surface area contributed by atoms with Gasteiger partial charge in [0.15, 0.2) is 11.5 Å². The summed E-state index contributed by atoms with van der Waals surface area (Å²) in [6.07, 6.45) is -0.668. The average molecular weight is 481 g/mol. The molecular weight excluding hydrogens is 448 g/mol. The molecule has 0 spiro atoms. The Balaban J connectivity index is 1.18. The zero-order valence-electron chi connectivity index (χ0n) is 20.4. The van der Waals surface area contributed by atoms with E-state index in [-0.39, 0.29) is 37.4 Å². The van der Waals surface area contributed by atoms with Crippen molar-refractivity contribution in [3.63, 3.8) is 0 Å². The number of carbonyl (C=O) groups is 3. The minimum atomic E-state index is -0.668. The van der Waals surface area contributed by atoms with Crippen LogP contribution in [0.25, 0.3) is 0 Å². The Labute approximate surface area is 205 Å². The van der Waals surface area contributed by atoms with Crippen LogP contribution in [-0.4, -0.2) is 79.5 Å². The third-order valence-electron chi connectivity index (χ3n) is 6.22. The summed E-state index contributed by atoms with van der Waals surface area (Å²) in [5.74, 6) is 0.620. The number of anilines is 1. The third kappa shape index (κ3) is 6.10. The number of hydrogen-bond acceptors (Lipinski definition) is 6. The Kier molecular flexibility index (Phi) is 7.55. The monoisotopic (exact) mass is 480 g/mol. The molecule has 1 atom stereocenters. The van der Waals surface area contributed by atoms with Gasteiger partial charge in [-0.1, -0.05) is 29.8 Å². The fourth-order valence-corrected chi connectivity index (χ4v) is 4.47. The lowest BCUT2D eigenvalue weighted by Crippen LogP contribution is -2.55. The van der Waals surface area contributed by atoms with Crippen molar-refractivity contribution >= 4 is 23.4 Å². The van der Waals surface area contributed by atoms with Crippen molar-refractivity contribution in [2.75, 3.05) is 51.2 Å². The van der Waals surface area contributed by atoms with Crippen molar-refractivity contribution in [2.45, 2.75) is 26.9 Å². The lowest BCUT2D eigenvalue weighted by molar-refractivity contribution is -0.143. The lowest BCUT2D eigenvalue weighted by atomic mass is 10.1. The van der Waals surface area contributed by atoms with Crippen LogP contribution in [0.5, 0.6) is 11.5 Å². The molecule has 0 aromatic heterocycles. The average Bonchev–Trinajstić information content (AvgIpc) is 2.84. The van der Waals surface area contributed by atoms with Gasteiger partial charge in [-0.3, -0.25) is 19.3 Å². The number of benzene rings is 2. The minimum Gasteiger partial charge on any atom is -0.485 e. The molecule has 1 unspecified atom stereocenters. The van der Waals surface area contributed by atoms with Crippen LogP contribution in [0.4, 0.5) is 5.69 Å². The van der Waals surface area contributed by atoms with E-state index in [2.05, 4.69) is 10.6 Å². The first-order chi connectivity index (χ1) is 16.8. The summed E-state index contributed by atoms with van der Waals surface area (Å²) >= 11 is 0. The molecule has 2 heterocycles. The maximum Gasteiger partial charge on any atom is 0.267 e. The molecule has 2 N–H and O–H groups in total. The van der Waals surface area contributed by atoms with Gasteiger partial charge < -0.3 is 25.0 Å². The van der Waals surface area contributed by atoms with Crippen LogP contribution in [0.2, 0.25) is 0 Å². The first kappa shape index (κ1) is 24.5. The number of carbonyl (C=O) groups excluding carboxylic acids is 3. The van der Waals surface area contributed by atoms with Gasteiger partial charge in [-0.2, -0.15) is 0 Å². The molecule has 9 nitrogen and oxygen atoms in total. The summed E-state index contributed by atoms with van der Waals surface area (Å²) in [6.45, 7) is 8.31. The summed E-state index contributed by atoms with van der Waals surface area (Å²) in [4.78, 5) is 41.3. The van der Waals surface area contributed by atoms with Gasteiger partial charge in [0.05, 0.1) is 13.1 Å². The van der Waals surface area contributed by atoms with Gasteiger partial charge in [-0.25, -0.2) is 0 Å². The topological polar surface area (TPSA) is 100 Å². The number of nitrogens with one attached hydrogen (secondary N) is 2. The van der Waals surface area contributed by atoms with Crippen LogP contribution < -0.4 is 20.1 Å². The Bertz CT molecular complexity index is 1090. The van der Waals surface area contributed by atoms with E-state index in [1.807, 2.05) is 56.0 Å². The largest absolute Gasteiger partial charge is 0.485 e. The van der Waals surface area contributed by atoms with Crippen molar-refractivity contribution in [1.29, 1.82) is 0 Å². The number of ether oxygens (including phenoxy) is 2. The van der Waals surface area contributed by atoms with Crippen molar-refractivity contribution in [3.05, 3.63) is 53.1 Å². The molecule has 0 saturated carbocycles. The smallest absolute Gasteiger partial charge is 0.267 e. The number of nitrogens with zero attached hydrogens (tertiary/aromatic N) is 2. The molecule has 3 amide bonds. The molecule has 2 aromatic carbocycles.